The van der Waals surface area contributed by atoms with E-state index >= 15 is 0 Å². The van der Waals surface area contributed by atoms with E-state index in [2.05, 4.69) is 56.1 Å². The molecular weight excluding hydrogens is 330 g/mol. The van der Waals surface area contributed by atoms with Gasteiger partial charge in [-0.3, -0.25) is 0 Å². The van der Waals surface area contributed by atoms with Crippen LogP contribution in [-0.4, -0.2) is 23.3 Å². The van der Waals surface area contributed by atoms with Crippen LogP contribution in [0.4, 0.5) is 11.6 Å². The van der Waals surface area contributed by atoms with Crippen LogP contribution in [-0.2, 0) is 17.7 Å². The fourth-order valence-corrected chi connectivity index (χ4v) is 2.70. The van der Waals surface area contributed by atoms with Gasteiger partial charge in [-0.25, -0.2) is 4.98 Å². The maximum Gasteiger partial charge on any atom is 0.207 e. The zero-order valence-electron chi connectivity index (χ0n) is 12.8. The third kappa shape index (κ3) is 4.32. The van der Waals surface area contributed by atoms with E-state index in [1.165, 1.54) is 5.56 Å². The van der Waals surface area contributed by atoms with Gasteiger partial charge in [0.1, 0.15) is 0 Å². The quantitative estimate of drug-likeness (QED) is 0.756. The molecule has 0 saturated carbocycles. The van der Waals surface area contributed by atoms with Crippen LogP contribution in [0.5, 0.6) is 0 Å². The van der Waals surface area contributed by atoms with Crippen LogP contribution in [0.2, 0.25) is 0 Å². The summed E-state index contributed by atoms with van der Waals surface area (Å²) < 4.78 is 8.37. The lowest BCUT2D eigenvalue weighted by atomic mass is 10.1. The van der Waals surface area contributed by atoms with Crippen molar-refractivity contribution in [2.75, 3.05) is 19.0 Å². The van der Waals surface area contributed by atoms with Gasteiger partial charge in [0, 0.05) is 36.6 Å². The molecule has 0 radical (unpaired) electrons. The van der Waals surface area contributed by atoms with E-state index in [9.17, 15) is 0 Å². The molecule has 2 rings (SSSR count). The minimum Gasteiger partial charge on any atom is -0.385 e. The summed E-state index contributed by atoms with van der Waals surface area (Å²) in [5.74, 6) is 0.889. The van der Waals surface area contributed by atoms with Gasteiger partial charge in [-0.1, -0.05) is 22.9 Å². The number of rotatable bonds is 7. The Morgan fingerprint density at radius 3 is 2.90 bits per heavy atom. The van der Waals surface area contributed by atoms with Crippen molar-refractivity contribution in [2.24, 2.45) is 0 Å². The number of anilines is 2. The lowest BCUT2D eigenvalue weighted by Gasteiger charge is -2.13. The van der Waals surface area contributed by atoms with Crippen LogP contribution in [0.15, 0.2) is 28.9 Å². The average molecular weight is 352 g/mol. The molecule has 0 atom stereocenters. The zero-order chi connectivity index (χ0) is 15.2. The summed E-state index contributed by atoms with van der Waals surface area (Å²) in [6, 6.07) is 6.28. The molecule has 5 heteroatoms. The van der Waals surface area contributed by atoms with Crippen molar-refractivity contribution in [3.8, 4) is 0 Å². The highest BCUT2D eigenvalue weighted by Gasteiger charge is 2.08. The van der Waals surface area contributed by atoms with Crippen molar-refractivity contribution in [1.82, 2.24) is 9.55 Å². The normalized spacial score (nSPS) is 10.9. The Morgan fingerprint density at radius 1 is 1.38 bits per heavy atom. The molecule has 114 valence electrons. The molecule has 0 aliphatic rings. The molecule has 0 bridgehead atoms. The Bertz CT molecular complexity index is 595. The van der Waals surface area contributed by atoms with Gasteiger partial charge in [-0.15, -0.1) is 0 Å². The largest absolute Gasteiger partial charge is 0.385 e. The van der Waals surface area contributed by atoms with E-state index in [0.717, 1.165) is 47.8 Å². The van der Waals surface area contributed by atoms with E-state index in [-0.39, 0.29) is 0 Å². The summed E-state index contributed by atoms with van der Waals surface area (Å²) in [5, 5.41) is 3.46. The Hall–Kier alpha value is -1.33. The van der Waals surface area contributed by atoms with E-state index in [0.29, 0.717) is 0 Å². The summed E-state index contributed by atoms with van der Waals surface area (Å²) in [4.78, 5) is 4.58. The lowest BCUT2D eigenvalue weighted by Crippen LogP contribution is -2.06. The van der Waals surface area contributed by atoms with Crippen LogP contribution < -0.4 is 5.32 Å². The molecule has 1 heterocycles. The number of halogens is 1. The molecule has 0 fully saturated rings. The van der Waals surface area contributed by atoms with Crippen LogP contribution in [0.1, 0.15) is 24.6 Å². The van der Waals surface area contributed by atoms with Gasteiger partial charge in [0.15, 0.2) is 0 Å². The van der Waals surface area contributed by atoms with Gasteiger partial charge in [0.05, 0.1) is 5.69 Å². The van der Waals surface area contributed by atoms with E-state index in [4.69, 9.17) is 4.74 Å². The van der Waals surface area contributed by atoms with Crippen molar-refractivity contribution in [1.29, 1.82) is 0 Å². The second-order valence-electron chi connectivity index (χ2n) is 5.03. The maximum atomic E-state index is 5.12. The van der Waals surface area contributed by atoms with Gasteiger partial charge in [-0.05, 0) is 43.5 Å². The molecule has 4 nitrogen and oxygen atoms in total. The van der Waals surface area contributed by atoms with Crippen molar-refractivity contribution in [2.45, 2.75) is 33.2 Å². The SMILES string of the molecule is CCc1cc(Br)ccc1Nc1nc(C)cn1CCCOC. The molecule has 0 aliphatic heterocycles. The van der Waals surface area contributed by atoms with E-state index in [1.807, 2.05) is 13.0 Å². The second-order valence-corrected chi connectivity index (χ2v) is 5.94. The minimum absolute atomic E-state index is 0.759. The fourth-order valence-electron chi connectivity index (χ4n) is 2.29. The predicted molar refractivity (Wildman–Crippen MR) is 90.3 cm³/mol. The van der Waals surface area contributed by atoms with Crippen LogP contribution in [0, 0.1) is 6.92 Å². The molecule has 21 heavy (non-hydrogen) atoms. The smallest absolute Gasteiger partial charge is 0.207 e. The molecule has 1 aromatic heterocycles. The number of nitrogens with one attached hydrogen (secondary N) is 1. The number of aryl methyl sites for hydroxylation is 3. The second kappa shape index (κ2) is 7.61. The number of hydrogen-bond donors (Lipinski definition) is 1. The van der Waals surface area contributed by atoms with Crippen molar-refractivity contribution >= 4 is 27.6 Å². The highest BCUT2D eigenvalue weighted by Crippen LogP contribution is 2.25. The summed E-state index contributed by atoms with van der Waals surface area (Å²) in [6.07, 6.45) is 4.02. The molecule has 0 amide bonds. The number of hydrogen-bond acceptors (Lipinski definition) is 3. The molecule has 0 saturated heterocycles. The standard InChI is InChI=1S/C16H22BrN3O/c1-4-13-10-14(17)6-7-15(13)19-16-18-12(2)11-20(16)8-5-9-21-3/h6-7,10-11H,4-5,8-9H2,1-3H3,(H,18,19). The summed E-state index contributed by atoms with van der Waals surface area (Å²) in [7, 11) is 1.73. The molecule has 1 aromatic carbocycles. The fraction of sp³-hybridized carbons (Fsp3) is 0.438. The van der Waals surface area contributed by atoms with Gasteiger partial charge in [-0.2, -0.15) is 0 Å². The number of methoxy groups -OCH3 is 1. The molecule has 1 N–H and O–H groups in total. The van der Waals surface area contributed by atoms with Gasteiger partial charge < -0.3 is 14.6 Å². The Balaban J connectivity index is 2.19. The van der Waals surface area contributed by atoms with Crippen LogP contribution >= 0.6 is 15.9 Å². The third-order valence-corrected chi connectivity index (χ3v) is 3.83. The maximum absolute atomic E-state index is 5.12. The van der Waals surface area contributed by atoms with E-state index in [1.54, 1.807) is 7.11 Å². The first-order valence-corrected chi connectivity index (χ1v) is 8.01. The van der Waals surface area contributed by atoms with Crippen molar-refractivity contribution < 1.29 is 4.74 Å². The first kappa shape index (κ1) is 16.0. The molecule has 0 aliphatic carbocycles. The highest BCUT2D eigenvalue weighted by molar-refractivity contribution is 9.10. The summed E-state index contributed by atoms with van der Waals surface area (Å²) in [5.41, 5.74) is 3.40. The first-order valence-electron chi connectivity index (χ1n) is 7.22. The van der Waals surface area contributed by atoms with Gasteiger partial charge >= 0.3 is 0 Å². The predicted octanol–water partition coefficient (Wildman–Crippen LogP) is 4.30. The number of ether oxygens (including phenoxy) is 1. The Morgan fingerprint density at radius 2 is 2.19 bits per heavy atom. The van der Waals surface area contributed by atoms with E-state index < -0.39 is 0 Å². The molecular formula is C16H22BrN3O. The Kier molecular flexibility index (Phi) is 5.82. The lowest BCUT2D eigenvalue weighted by molar-refractivity contribution is 0.190. The molecule has 0 unspecified atom stereocenters. The van der Waals surface area contributed by atoms with Gasteiger partial charge in [0.25, 0.3) is 0 Å². The monoisotopic (exact) mass is 351 g/mol. The Labute approximate surface area is 134 Å². The third-order valence-electron chi connectivity index (χ3n) is 3.34. The summed E-state index contributed by atoms with van der Waals surface area (Å²) >= 11 is 3.52. The van der Waals surface area contributed by atoms with Crippen molar-refractivity contribution in [3.63, 3.8) is 0 Å². The topological polar surface area (TPSA) is 39.1 Å². The average Bonchev–Trinajstić information content (AvgIpc) is 2.81. The summed E-state index contributed by atoms with van der Waals surface area (Å²) in [6.45, 7) is 5.83. The van der Waals surface area contributed by atoms with Gasteiger partial charge in [0.2, 0.25) is 5.95 Å². The molecule has 0 spiro atoms. The van der Waals surface area contributed by atoms with Crippen LogP contribution in [0.3, 0.4) is 0 Å². The number of aromatic nitrogens is 2. The highest BCUT2D eigenvalue weighted by atomic mass is 79.9. The molecule has 2 aromatic rings. The zero-order valence-corrected chi connectivity index (χ0v) is 14.4. The van der Waals surface area contributed by atoms with Crippen LogP contribution in [0.25, 0.3) is 0 Å². The number of imidazole rings is 1. The van der Waals surface area contributed by atoms with Crippen molar-refractivity contribution in [3.05, 3.63) is 40.1 Å². The first-order chi connectivity index (χ1) is 10.1. The minimum atomic E-state index is 0.759. The number of nitrogens with zero attached hydrogens (tertiary/aromatic N) is 2. The number of benzene rings is 1.